The summed E-state index contributed by atoms with van der Waals surface area (Å²) in [6, 6.07) is 3.85. The van der Waals surface area contributed by atoms with Crippen molar-refractivity contribution >= 4 is 5.97 Å². The molecule has 0 atom stereocenters. The highest BCUT2D eigenvalue weighted by Crippen LogP contribution is 2.33. The molecule has 0 saturated heterocycles. The maximum atomic E-state index is 13.1. The standard InChI is InChI=1S/C14H13FN2O3/c15-10-2-1-9(12(7-10)13(18)19)8-16-5-6-17(14(16)20)11-3-4-11/h1-2,5-7,11H,3-4,8H2,(H,18,19). The Morgan fingerprint density at radius 3 is 2.75 bits per heavy atom. The van der Waals surface area contributed by atoms with Crippen LogP contribution in [0.2, 0.25) is 0 Å². The molecule has 0 bridgehead atoms. The van der Waals surface area contributed by atoms with Crippen molar-refractivity contribution in [1.82, 2.24) is 9.13 Å². The molecule has 104 valence electrons. The molecule has 0 unspecified atom stereocenters. The summed E-state index contributed by atoms with van der Waals surface area (Å²) in [5.74, 6) is -1.80. The summed E-state index contributed by atoms with van der Waals surface area (Å²) in [6.07, 6.45) is 5.35. The molecule has 2 aromatic rings. The zero-order valence-electron chi connectivity index (χ0n) is 10.6. The number of nitrogens with zero attached hydrogens (tertiary/aromatic N) is 2. The first-order valence-electron chi connectivity index (χ1n) is 6.35. The smallest absolute Gasteiger partial charge is 0.336 e. The molecule has 0 radical (unpaired) electrons. The third kappa shape index (κ3) is 2.24. The van der Waals surface area contributed by atoms with Gasteiger partial charge in [0, 0.05) is 18.4 Å². The number of benzene rings is 1. The van der Waals surface area contributed by atoms with Crippen LogP contribution in [-0.2, 0) is 6.54 Å². The molecule has 6 heteroatoms. The Hall–Kier alpha value is -2.37. The number of imidazole rings is 1. The lowest BCUT2D eigenvalue weighted by Crippen LogP contribution is -2.24. The molecular formula is C14H13FN2O3. The fourth-order valence-electron chi connectivity index (χ4n) is 2.25. The van der Waals surface area contributed by atoms with E-state index in [1.54, 1.807) is 17.0 Å². The molecule has 3 rings (SSSR count). The molecule has 0 amide bonds. The van der Waals surface area contributed by atoms with Crippen LogP contribution in [0.15, 0.2) is 35.4 Å². The van der Waals surface area contributed by atoms with E-state index < -0.39 is 11.8 Å². The van der Waals surface area contributed by atoms with Gasteiger partial charge >= 0.3 is 11.7 Å². The second-order valence-corrected chi connectivity index (χ2v) is 4.95. The van der Waals surface area contributed by atoms with Crippen molar-refractivity contribution in [3.63, 3.8) is 0 Å². The lowest BCUT2D eigenvalue weighted by molar-refractivity contribution is 0.0695. The second-order valence-electron chi connectivity index (χ2n) is 4.95. The van der Waals surface area contributed by atoms with E-state index in [9.17, 15) is 14.0 Å². The van der Waals surface area contributed by atoms with Gasteiger partial charge in [-0.2, -0.15) is 0 Å². The van der Waals surface area contributed by atoms with Crippen molar-refractivity contribution in [1.29, 1.82) is 0 Å². The maximum Gasteiger partial charge on any atom is 0.336 e. The highest BCUT2D eigenvalue weighted by atomic mass is 19.1. The van der Waals surface area contributed by atoms with Crippen LogP contribution in [0, 0.1) is 5.82 Å². The van der Waals surface area contributed by atoms with Crippen LogP contribution in [0.5, 0.6) is 0 Å². The zero-order chi connectivity index (χ0) is 14.3. The lowest BCUT2D eigenvalue weighted by atomic mass is 10.1. The molecule has 1 aromatic heterocycles. The van der Waals surface area contributed by atoms with E-state index in [2.05, 4.69) is 0 Å². The van der Waals surface area contributed by atoms with Gasteiger partial charge in [-0.1, -0.05) is 6.07 Å². The van der Waals surface area contributed by atoms with Crippen molar-refractivity contribution < 1.29 is 14.3 Å². The van der Waals surface area contributed by atoms with Gasteiger partial charge in [0.1, 0.15) is 5.82 Å². The molecular weight excluding hydrogens is 263 g/mol. The first-order chi connectivity index (χ1) is 9.56. The molecule has 1 aromatic carbocycles. The van der Waals surface area contributed by atoms with Gasteiger partial charge in [-0.15, -0.1) is 0 Å². The number of rotatable bonds is 4. The molecule has 1 saturated carbocycles. The number of hydrogen-bond acceptors (Lipinski definition) is 2. The monoisotopic (exact) mass is 276 g/mol. The fourth-order valence-corrected chi connectivity index (χ4v) is 2.25. The van der Waals surface area contributed by atoms with Gasteiger partial charge in [0.2, 0.25) is 0 Å². The number of carboxylic acids is 1. The van der Waals surface area contributed by atoms with Crippen LogP contribution in [0.3, 0.4) is 0 Å². The normalized spacial score (nSPS) is 14.4. The Bertz CT molecular complexity index is 728. The van der Waals surface area contributed by atoms with Crippen LogP contribution in [0.25, 0.3) is 0 Å². The van der Waals surface area contributed by atoms with Gasteiger partial charge in [-0.3, -0.25) is 9.13 Å². The summed E-state index contributed by atoms with van der Waals surface area (Å²) >= 11 is 0. The van der Waals surface area contributed by atoms with E-state index in [0.717, 1.165) is 18.9 Å². The predicted molar refractivity (Wildman–Crippen MR) is 69.4 cm³/mol. The molecule has 20 heavy (non-hydrogen) atoms. The second kappa shape index (κ2) is 4.63. The molecule has 0 spiro atoms. The van der Waals surface area contributed by atoms with Gasteiger partial charge < -0.3 is 5.11 Å². The van der Waals surface area contributed by atoms with E-state index >= 15 is 0 Å². The molecule has 1 N–H and O–H groups in total. The van der Waals surface area contributed by atoms with Gasteiger partial charge in [0.15, 0.2) is 0 Å². The van der Waals surface area contributed by atoms with E-state index in [1.165, 1.54) is 16.7 Å². The minimum Gasteiger partial charge on any atom is -0.478 e. The summed E-state index contributed by atoms with van der Waals surface area (Å²) < 4.78 is 16.2. The maximum absolute atomic E-state index is 13.1. The SMILES string of the molecule is O=C(O)c1cc(F)ccc1Cn1ccn(C2CC2)c1=O. The van der Waals surface area contributed by atoms with E-state index in [-0.39, 0.29) is 23.8 Å². The van der Waals surface area contributed by atoms with Gasteiger partial charge in [0.25, 0.3) is 0 Å². The van der Waals surface area contributed by atoms with E-state index in [1.807, 2.05) is 0 Å². The van der Waals surface area contributed by atoms with Crippen LogP contribution in [-0.4, -0.2) is 20.2 Å². The third-order valence-corrected chi connectivity index (χ3v) is 3.46. The number of halogens is 1. The van der Waals surface area contributed by atoms with Crippen molar-refractivity contribution in [2.24, 2.45) is 0 Å². The van der Waals surface area contributed by atoms with Crippen LogP contribution in [0.4, 0.5) is 4.39 Å². The molecule has 1 aliphatic carbocycles. The van der Waals surface area contributed by atoms with Crippen LogP contribution >= 0.6 is 0 Å². The van der Waals surface area contributed by atoms with Crippen molar-refractivity contribution in [3.8, 4) is 0 Å². The first-order valence-corrected chi connectivity index (χ1v) is 6.35. The van der Waals surface area contributed by atoms with Gasteiger partial charge in [0.05, 0.1) is 12.1 Å². The van der Waals surface area contributed by atoms with Crippen LogP contribution in [0.1, 0.15) is 34.8 Å². The third-order valence-electron chi connectivity index (χ3n) is 3.46. The van der Waals surface area contributed by atoms with Gasteiger partial charge in [-0.05, 0) is 30.5 Å². The largest absolute Gasteiger partial charge is 0.478 e. The summed E-state index contributed by atoms with van der Waals surface area (Å²) in [6.45, 7) is 0.125. The average molecular weight is 276 g/mol. The topological polar surface area (TPSA) is 64.2 Å². The predicted octanol–water partition coefficient (Wildman–Crippen LogP) is 1.87. The Balaban J connectivity index is 1.95. The Labute approximate surface area is 113 Å². The number of aromatic nitrogens is 2. The van der Waals surface area contributed by atoms with E-state index in [0.29, 0.717) is 5.56 Å². The summed E-state index contributed by atoms with van der Waals surface area (Å²) in [7, 11) is 0. The number of carbonyl (C=O) groups is 1. The molecule has 1 heterocycles. The summed E-state index contributed by atoms with van der Waals surface area (Å²) in [5, 5.41) is 9.08. The van der Waals surface area contributed by atoms with Gasteiger partial charge in [-0.25, -0.2) is 14.0 Å². The lowest BCUT2D eigenvalue weighted by Gasteiger charge is -2.06. The average Bonchev–Trinajstić information content (AvgIpc) is 3.18. The number of carboxylic acid groups (broad SMARTS) is 1. The number of hydrogen-bond donors (Lipinski definition) is 1. The molecule has 1 aliphatic rings. The fraction of sp³-hybridized carbons (Fsp3) is 0.286. The molecule has 1 fully saturated rings. The quantitative estimate of drug-likeness (QED) is 0.927. The van der Waals surface area contributed by atoms with Crippen molar-refractivity contribution in [2.45, 2.75) is 25.4 Å². The number of aromatic carboxylic acids is 1. The Morgan fingerprint density at radius 1 is 1.35 bits per heavy atom. The Morgan fingerprint density at radius 2 is 2.10 bits per heavy atom. The summed E-state index contributed by atoms with van der Waals surface area (Å²) in [5.41, 5.74) is 0.138. The minimum atomic E-state index is -1.20. The first kappa shape index (κ1) is 12.7. The summed E-state index contributed by atoms with van der Waals surface area (Å²) in [4.78, 5) is 23.2. The van der Waals surface area contributed by atoms with Crippen molar-refractivity contribution in [2.75, 3.05) is 0 Å². The Kier molecular flexibility index (Phi) is 2.93. The zero-order valence-corrected chi connectivity index (χ0v) is 10.6. The molecule has 5 nitrogen and oxygen atoms in total. The van der Waals surface area contributed by atoms with Crippen molar-refractivity contribution in [3.05, 3.63) is 58.0 Å². The minimum absolute atomic E-state index is 0.115. The highest BCUT2D eigenvalue weighted by Gasteiger charge is 2.25. The molecule has 0 aliphatic heterocycles. The van der Waals surface area contributed by atoms with Crippen LogP contribution < -0.4 is 5.69 Å². The highest BCUT2D eigenvalue weighted by molar-refractivity contribution is 5.89. The van der Waals surface area contributed by atoms with E-state index in [4.69, 9.17) is 5.11 Å².